The highest BCUT2D eigenvalue weighted by Crippen LogP contribution is 2.26. The minimum absolute atomic E-state index is 0.0898. The van der Waals surface area contributed by atoms with Crippen LogP contribution in [0.5, 0.6) is 5.75 Å². The lowest BCUT2D eigenvalue weighted by atomic mass is 10.0. The average molecular weight is 367 g/mol. The largest absolute Gasteiger partial charge is 0.497 e. The molecule has 26 heavy (non-hydrogen) atoms. The number of carbonyl (C=O) groups is 1. The molecule has 6 heteroatoms. The maximum Gasteiger partial charge on any atom is 0.209 e. The van der Waals surface area contributed by atoms with Crippen molar-refractivity contribution in [2.45, 2.75) is 31.2 Å². The smallest absolute Gasteiger partial charge is 0.209 e. The first-order chi connectivity index (χ1) is 12.5. The van der Waals surface area contributed by atoms with Crippen LogP contribution in [0.3, 0.4) is 0 Å². The molecule has 2 aromatic carbocycles. The van der Waals surface area contributed by atoms with Gasteiger partial charge >= 0.3 is 0 Å². The lowest BCUT2D eigenvalue weighted by Gasteiger charge is -2.11. The van der Waals surface area contributed by atoms with E-state index in [9.17, 15) is 4.79 Å². The van der Waals surface area contributed by atoms with Crippen LogP contribution >= 0.6 is 11.8 Å². The van der Waals surface area contributed by atoms with Gasteiger partial charge in [-0.3, -0.25) is 9.89 Å². The topological polar surface area (TPSA) is 67.9 Å². The van der Waals surface area contributed by atoms with E-state index in [2.05, 4.69) is 15.2 Å². The van der Waals surface area contributed by atoms with Gasteiger partial charge in [-0.2, -0.15) is 0 Å². The summed E-state index contributed by atoms with van der Waals surface area (Å²) in [5, 5.41) is 7.45. The molecule has 3 rings (SSSR count). The Bertz CT molecular complexity index is 919. The van der Waals surface area contributed by atoms with Crippen molar-refractivity contribution in [3.05, 3.63) is 59.2 Å². The molecule has 0 spiro atoms. The van der Waals surface area contributed by atoms with Crippen LogP contribution in [0.15, 0.2) is 47.6 Å². The molecule has 1 unspecified atom stereocenters. The minimum Gasteiger partial charge on any atom is -0.497 e. The van der Waals surface area contributed by atoms with Crippen LogP contribution in [0.1, 0.15) is 28.4 Å². The van der Waals surface area contributed by atoms with Crippen molar-refractivity contribution in [2.75, 3.05) is 7.11 Å². The normalized spacial score (nSPS) is 12.0. The molecule has 5 nitrogen and oxygen atoms in total. The van der Waals surface area contributed by atoms with E-state index in [0.29, 0.717) is 11.0 Å². The summed E-state index contributed by atoms with van der Waals surface area (Å²) in [6.45, 7) is 5.83. The Morgan fingerprint density at radius 1 is 1.15 bits per heavy atom. The number of nitrogens with one attached hydrogen (secondary N) is 1. The van der Waals surface area contributed by atoms with Crippen molar-refractivity contribution in [3.8, 4) is 17.1 Å². The molecule has 0 aliphatic heterocycles. The van der Waals surface area contributed by atoms with Crippen molar-refractivity contribution in [1.29, 1.82) is 0 Å². The quantitative estimate of drug-likeness (QED) is 0.514. The highest BCUT2D eigenvalue weighted by Gasteiger charge is 2.20. The van der Waals surface area contributed by atoms with Gasteiger partial charge in [-0.15, -0.1) is 5.10 Å². The van der Waals surface area contributed by atoms with Crippen molar-refractivity contribution in [2.24, 2.45) is 0 Å². The monoisotopic (exact) mass is 367 g/mol. The van der Waals surface area contributed by atoms with Crippen LogP contribution < -0.4 is 4.74 Å². The number of carbonyl (C=O) groups excluding carboxylic acids is 1. The molecule has 0 aliphatic carbocycles. The van der Waals surface area contributed by atoms with Crippen LogP contribution in [0.2, 0.25) is 0 Å². The maximum atomic E-state index is 12.8. The SMILES string of the molecule is COc1ccc(-c2nc(SC(C)C(=O)c3cc(C)ccc3C)n[nH]2)cc1. The van der Waals surface area contributed by atoms with Gasteiger partial charge in [-0.25, -0.2) is 4.98 Å². The van der Waals surface area contributed by atoms with Crippen LogP contribution in [0.25, 0.3) is 11.4 Å². The van der Waals surface area contributed by atoms with Gasteiger partial charge < -0.3 is 4.74 Å². The number of benzene rings is 2. The predicted molar refractivity (Wildman–Crippen MR) is 104 cm³/mol. The highest BCUT2D eigenvalue weighted by molar-refractivity contribution is 8.00. The molecule has 0 saturated carbocycles. The number of ether oxygens (including phenoxy) is 1. The van der Waals surface area contributed by atoms with Crippen LogP contribution in [-0.2, 0) is 0 Å². The zero-order chi connectivity index (χ0) is 18.7. The van der Waals surface area contributed by atoms with Gasteiger partial charge in [0.25, 0.3) is 0 Å². The third-order valence-corrected chi connectivity index (χ3v) is 5.10. The first-order valence-corrected chi connectivity index (χ1v) is 9.21. The molecule has 0 bridgehead atoms. The number of Topliss-reactive ketones (excluding diaryl/α,β-unsaturated/α-hetero) is 1. The number of hydrogen-bond acceptors (Lipinski definition) is 5. The van der Waals surface area contributed by atoms with E-state index in [-0.39, 0.29) is 11.0 Å². The number of methoxy groups -OCH3 is 1. The number of aromatic amines is 1. The Morgan fingerprint density at radius 2 is 1.88 bits per heavy atom. The van der Waals surface area contributed by atoms with Gasteiger partial charge in [0.15, 0.2) is 11.6 Å². The number of aryl methyl sites for hydroxylation is 2. The maximum absolute atomic E-state index is 12.8. The van der Waals surface area contributed by atoms with Crippen LogP contribution in [0, 0.1) is 13.8 Å². The summed E-state index contributed by atoms with van der Waals surface area (Å²) in [5.74, 6) is 1.55. The van der Waals surface area contributed by atoms with Crippen LogP contribution in [0.4, 0.5) is 0 Å². The number of aromatic nitrogens is 3. The van der Waals surface area contributed by atoms with E-state index < -0.39 is 0 Å². The predicted octanol–water partition coefficient (Wildman–Crippen LogP) is 4.46. The summed E-state index contributed by atoms with van der Waals surface area (Å²) in [7, 11) is 1.63. The van der Waals surface area contributed by atoms with Gasteiger partial charge in [-0.05, 0) is 56.7 Å². The number of thioether (sulfide) groups is 1. The fourth-order valence-electron chi connectivity index (χ4n) is 2.61. The van der Waals surface area contributed by atoms with E-state index >= 15 is 0 Å². The number of H-pyrrole nitrogens is 1. The summed E-state index contributed by atoms with van der Waals surface area (Å²) in [4.78, 5) is 17.3. The van der Waals surface area contributed by atoms with Crippen molar-refractivity contribution in [1.82, 2.24) is 15.2 Å². The fourth-order valence-corrected chi connectivity index (χ4v) is 3.40. The molecule has 0 radical (unpaired) electrons. The average Bonchev–Trinajstić information content (AvgIpc) is 3.11. The summed E-state index contributed by atoms with van der Waals surface area (Å²) >= 11 is 1.36. The molecular formula is C20H21N3O2S. The molecule has 0 aliphatic rings. The van der Waals surface area contributed by atoms with Gasteiger partial charge in [-0.1, -0.05) is 29.5 Å². The van der Waals surface area contributed by atoms with Crippen molar-refractivity contribution < 1.29 is 9.53 Å². The highest BCUT2D eigenvalue weighted by atomic mass is 32.2. The minimum atomic E-state index is -0.269. The number of rotatable bonds is 6. The first kappa shape index (κ1) is 18.2. The van der Waals surface area contributed by atoms with Gasteiger partial charge in [0.1, 0.15) is 5.75 Å². The lowest BCUT2D eigenvalue weighted by molar-refractivity contribution is 0.0993. The summed E-state index contributed by atoms with van der Waals surface area (Å²) < 4.78 is 5.16. The van der Waals surface area contributed by atoms with Crippen molar-refractivity contribution in [3.63, 3.8) is 0 Å². The Hall–Kier alpha value is -2.60. The molecule has 134 valence electrons. The molecular weight excluding hydrogens is 346 g/mol. The Kier molecular flexibility index (Phi) is 5.42. The first-order valence-electron chi connectivity index (χ1n) is 8.33. The molecule has 3 aromatic rings. The summed E-state index contributed by atoms with van der Waals surface area (Å²) in [6.07, 6.45) is 0. The Morgan fingerprint density at radius 3 is 2.58 bits per heavy atom. The standard InChI is InChI=1S/C20H21N3O2S/c1-12-5-6-13(2)17(11-12)18(24)14(3)26-20-21-19(22-23-20)15-7-9-16(25-4)10-8-15/h5-11,14H,1-4H3,(H,21,22,23). The van der Waals surface area contributed by atoms with Crippen LogP contribution in [-0.4, -0.2) is 33.3 Å². The summed E-state index contributed by atoms with van der Waals surface area (Å²) in [6, 6.07) is 13.5. The molecule has 1 heterocycles. The second-order valence-corrected chi connectivity index (χ2v) is 7.45. The molecule has 0 saturated heterocycles. The third kappa shape index (κ3) is 3.96. The number of hydrogen-bond donors (Lipinski definition) is 1. The van der Waals surface area contributed by atoms with E-state index in [0.717, 1.165) is 28.0 Å². The number of ketones is 1. The Labute approximate surface area is 157 Å². The lowest BCUT2D eigenvalue weighted by Crippen LogP contribution is -2.15. The molecule has 0 amide bonds. The molecule has 1 aromatic heterocycles. The second-order valence-electron chi connectivity index (χ2n) is 6.14. The van der Waals surface area contributed by atoms with Crippen molar-refractivity contribution >= 4 is 17.5 Å². The van der Waals surface area contributed by atoms with Gasteiger partial charge in [0.2, 0.25) is 5.16 Å². The van der Waals surface area contributed by atoms with E-state index in [1.165, 1.54) is 11.8 Å². The van der Waals surface area contributed by atoms with E-state index in [1.54, 1.807) is 7.11 Å². The molecule has 1 atom stereocenters. The van der Waals surface area contributed by atoms with E-state index in [1.807, 2.05) is 63.2 Å². The number of nitrogens with zero attached hydrogens (tertiary/aromatic N) is 2. The van der Waals surface area contributed by atoms with Gasteiger partial charge in [0.05, 0.1) is 12.4 Å². The Balaban J connectivity index is 1.73. The zero-order valence-corrected chi connectivity index (χ0v) is 16.1. The summed E-state index contributed by atoms with van der Waals surface area (Å²) in [5.41, 5.74) is 3.74. The fraction of sp³-hybridized carbons (Fsp3) is 0.250. The molecule has 0 fully saturated rings. The van der Waals surface area contributed by atoms with Gasteiger partial charge in [0, 0.05) is 11.1 Å². The zero-order valence-electron chi connectivity index (χ0n) is 15.2. The van der Waals surface area contributed by atoms with E-state index in [4.69, 9.17) is 4.74 Å². The second kappa shape index (κ2) is 7.74. The molecule has 1 N–H and O–H groups in total. The third-order valence-electron chi connectivity index (χ3n) is 4.14.